The van der Waals surface area contributed by atoms with Crippen molar-refractivity contribution in [1.82, 2.24) is 0 Å². The van der Waals surface area contributed by atoms with Crippen LogP contribution >= 0.6 is 0 Å². The van der Waals surface area contributed by atoms with Crippen LogP contribution in [0.5, 0.6) is 0 Å². The zero-order valence-corrected chi connectivity index (χ0v) is 10.6. The van der Waals surface area contributed by atoms with E-state index in [9.17, 15) is 4.79 Å². The molecule has 0 saturated carbocycles. The van der Waals surface area contributed by atoms with E-state index in [-0.39, 0.29) is 6.42 Å². The van der Waals surface area contributed by atoms with Gasteiger partial charge in [-0.3, -0.25) is 4.79 Å². The fraction of sp³-hybridized carbons (Fsp3) is 0.429. The van der Waals surface area contributed by atoms with E-state index in [0.29, 0.717) is 6.42 Å². The highest BCUT2D eigenvalue weighted by Gasteiger charge is 1.95. The molecule has 98 valence electrons. The van der Waals surface area contributed by atoms with E-state index in [1.165, 1.54) is 7.11 Å². The fourth-order valence-corrected chi connectivity index (χ4v) is 1.15. The van der Waals surface area contributed by atoms with Gasteiger partial charge in [0.1, 0.15) is 0 Å². The van der Waals surface area contributed by atoms with Crippen LogP contribution < -0.4 is 0 Å². The maximum atomic E-state index is 10.2. The highest BCUT2D eigenvalue weighted by atomic mass is 16.5. The second-order valence-corrected chi connectivity index (χ2v) is 3.56. The molecule has 0 amide bonds. The average molecular weight is 249 g/mol. The lowest BCUT2D eigenvalue weighted by Gasteiger charge is -1.96. The number of rotatable bonds is 9. The van der Waals surface area contributed by atoms with E-state index in [1.807, 2.05) is 36.4 Å². The third kappa shape index (κ3) is 10.7. The molecule has 0 fully saturated rings. The summed E-state index contributed by atoms with van der Waals surface area (Å²) >= 11 is 0. The van der Waals surface area contributed by atoms with E-state index < -0.39 is 12.1 Å². The molecule has 0 saturated heterocycles. The van der Waals surface area contributed by atoms with Gasteiger partial charge < -0.3 is 9.84 Å². The van der Waals surface area contributed by atoms with Crippen LogP contribution in [-0.4, -0.2) is 24.3 Å². The van der Waals surface area contributed by atoms with Crippen LogP contribution in [0.2, 0.25) is 0 Å². The molecule has 0 aromatic heterocycles. The highest BCUT2D eigenvalue weighted by molar-refractivity contribution is 5.66. The molecule has 0 radical (unpaired) electrons. The Labute approximate surface area is 108 Å². The molecule has 0 spiro atoms. The van der Waals surface area contributed by atoms with Gasteiger partial charge >= 0.3 is 5.97 Å². The molecule has 0 rings (SSSR count). The van der Waals surface area contributed by atoms with Gasteiger partial charge in [0.25, 0.3) is 0 Å². The number of ether oxygens (including phenoxy) is 1. The van der Waals surface area contributed by atoms with Gasteiger partial charge in [0.15, 0.2) is 6.10 Å². The molecule has 0 aliphatic carbocycles. The van der Waals surface area contributed by atoms with Crippen molar-refractivity contribution >= 4 is 5.97 Å². The van der Waals surface area contributed by atoms with Crippen molar-refractivity contribution in [2.75, 3.05) is 7.11 Å². The third-order valence-corrected chi connectivity index (χ3v) is 2.09. The zero-order chi connectivity index (χ0) is 13.6. The maximum absolute atomic E-state index is 10.2. The van der Waals surface area contributed by atoms with Gasteiger partial charge in [0.05, 0.1) is 6.07 Å². The first-order chi connectivity index (χ1) is 8.70. The third-order valence-electron chi connectivity index (χ3n) is 2.09. The van der Waals surface area contributed by atoms with Crippen LogP contribution in [0, 0.1) is 11.3 Å². The first-order valence-corrected chi connectivity index (χ1v) is 5.81. The van der Waals surface area contributed by atoms with E-state index in [2.05, 4.69) is 0 Å². The van der Waals surface area contributed by atoms with Gasteiger partial charge in [-0.2, -0.15) is 5.26 Å². The molecule has 1 atom stereocenters. The zero-order valence-electron chi connectivity index (χ0n) is 10.6. The SMILES string of the molecule is COC(C#N)/C=C\C/C=C\C/C=C\CCC(=O)O. The lowest BCUT2D eigenvalue weighted by molar-refractivity contribution is -0.136. The Bertz CT molecular complexity index is 351. The Morgan fingerprint density at radius 1 is 1.28 bits per heavy atom. The molecule has 0 aromatic carbocycles. The number of methoxy groups -OCH3 is 1. The van der Waals surface area contributed by atoms with Crippen LogP contribution in [0.25, 0.3) is 0 Å². The van der Waals surface area contributed by atoms with E-state index in [1.54, 1.807) is 6.08 Å². The van der Waals surface area contributed by atoms with Gasteiger partial charge in [0, 0.05) is 13.5 Å². The summed E-state index contributed by atoms with van der Waals surface area (Å²) in [7, 11) is 1.50. The van der Waals surface area contributed by atoms with Crippen molar-refractivity contribution in [3.8, 4) is 6.07 Å². The molecule has 0 heterocycles. The van der Waals surface area contributed by atoms with Crippen molar-refractivity contribution in [3.05, 3.63) is 36.5 Å². The van der Waals surface area contributed by atoms with E-state index in [4.69, 9.17) is 15.1 Å². The van der Waals surface area contributed by atoms with Crippen molar-refractivity contribution < 1.29 is 14.6 Å². The minimum Gasteiger partial charge on any atom is -0.481 e. The lowest BCUT2D eigenvalue weighted by atomic mass is 10.2. The number of allylic oxidation sites excluding steroid dienone is 5. The van der Waals surface area contributed by atoms with Crippen molar-refractivity contribution in [1.29, 1.82) is 5.26 Å². The van der Waals surface area contributed by atoms with Gasteiger partial charge in [0.2, 0.25) is 0 Å². The summed E-state index contributed by atoms with van der Waals surface area (Å²) in [4.78, 5) is 10.2. The van der Waals surface area contributed by atoms with Crippen LogP contribution in [0.15, 0.2) is 36.5 Å². The first-order valence-electron chi connectivity index (χ1n) is 5.81. The van der Waals surface area contributed by atoms with Gasteiger partial charge in [-0.05, 0) is 25.3 Å². The number of carboxylic acids is 1. The first kappa shape index (κ1) is 16.1. The molecule has 4 nitrogen and oxygen atoms in total. The molecule has 0 bridgehead atoms. The molecule has 4 heteroatoms. The average Bonchev–Trinajstić information content (AvgIpc) is 2.36. The summed E-state index contributed by atoms with van der Waals surface area (Å²) in [6.45, 7) is 0. The van der Waals surface area contributed by atoms with Crippen molar-refractivity contribution in [2.24, 2.45) is 0 Å². The Balaban J connectivity index is 3.60. The molecular weight excluding hydrogens is 230 g/mol. The number of carbonyl (C=O) groups is 1. The number of carboxylic acid groups (broad SMARTS) is 1. The number of hydrogen-bond acceptors (Lipinski definition) is 3. The molecular formula is C14H19NO3. The van der Waals surface area contributed by atoms with Gasteiger partial charge in [-0.15, -0.1) is 0 Å². The summed E-state index contributed by atoms with van der Waals surface area (Å²) in [5.74, 6) is -0.773. The molecule has 0 aliphatic rings. The normalized spacial score (nSPS) is 13.3. The molecule has 1 unspecified atom stereocenters. The molecule has 18 heavy (non-hydrogen) atoms. The second kappa shape index (κ2) is 11.6. The Morgan fingerprint density at radius 2 is 1.89 bits per heavy atom. The summed E-state index contributed by atoms with van der Waals surface area (Å²) < 4.78 is 4.86. The van der Waals surface area contributed by atoms with Crippen LogP contribution in [0.3, 0.4) is 0 Å². The summed E-state index contributed by atoms with van der Waals surface area (Å²) in [6, 6.07) is 1.99. The maximum Gasteiger partial charge on any atom is 0.303 e. The van der Waals surface area contributed by atoms with Crippen molar-refractivity contribution in [2.45, 2.75) is 31.8 Å². The molecule has 0 aromatic rings. The summed E-state index contributed by atoms with van der Waals surface area (Å²) in [5, 5.41) is 17.0. The lowest BCUT2D eigenvalue weighted by Crippen LogP contribution is -2.01. The fourth-order valence-electron chi connectivity index (χ4n) is 1.15. The predicted octanol–water partition coefficient (Wildman–Crippen LogP) is 2.84. The Hall–Kier alpha value is -1.86. The van der Waals surface area contributed by atoms with Gasteiger partial charge in [-0.1, -0.05) is 30.4 Å². The topological polar surface area (TPSA) is 70.3 Å². The Kier molecular flexibility index (Phi) is 10.4. The summed E-state index contributed by atoms with van der Waals surface area (Å²) in [6.07, 6.45) is 13.2. The highest BCUT2D eigenvalue weighted by Crippen LogP contribution is 1.96. The minimum atomic E-state index is -0.773. The second-order valence-electron chi connectivity index (χ2n) is 3.56. The predicted molar refractivity (Wildman–Crippen MR) is 69.9 cm³/mol. The van der Waals surface area contributed by atoms with Crippen molar-refractivity contribution in [3.63, 3.8) is 0 Å². The smallest absolute Gasteiger partial charge is 0.303 e. The minimum absolute atomic E-state index is 0.176. The summed E-state index contributed by atoms with van der Waals surface area (Å²) in [5.41, 5.74) is 0. The van der Waals surface area contributed by atoms with Crippen LogP contribution in [0.4, 0.5) is 0 Å². The number of nitrogens with zero attached hydrogens (tertiary/aromatic N) is 1. The number of nitriles is 1. The van der Waals surface area contributed by atoms with Gasteiger partial charge in [-0.25, -0.2) is 0 Å². The monoisotopic (exact) mass is 249 g/mol. The van der Waals surface area contributed by atoms with E-state index in [0.717, 1.165) is 12.8 Å². The quantitative estimate of drug-likeness (QED) is 0.638. The van der Waals surface area contributed by atoms with Crippen LogP contribution in [-0.2, 0) is 9.53 Å². The Morgan fingerprint density at radius 3 is 2.44 bits per heavy atom. The standard InChI is InChI=1S/C14H19NO3/c1-18-13(12-15)10-8-6-4-2-3-5-7-9-11-14(16)17/h2,4-5,7-8,10,13H,3,6,9,11H2,1H3,(H,16,17)/b4-2-,7-5-,10-8-. The van der Waals surface area contributed by atoms with Crippen LogP contribution in [0.1, 0.15) is 25.7 Å². The van der Waals surface area contributed by atoms with E-state index >= 15 is 0 Å². The number of aliphatic carboxylic acids is 1. The molecule has 0 aliphatic heterocycles. The molecule has 1 N–H and O–H groups in total. The number of hydrogen-bond donors (Lipinski definition) is 1. The largest absolute Gasteiger partial charge is 0.481 e.